The number of guanidine groups is 1. The number of thioether (sulfide) groups is 1. The van der Waals surface area contributed by atoms with Gasteiger partial charge in [-0.1, -0.05) is 11.8 Å². The Balaban J connectivity index is 3.71. The molecule has 0 heterocycles. The van der Waals surface area contributed by atoms with E-state index in [1.807, 2.05) is 0 Å². The standard InChI is InChI=1S/C6H12N4O2S/c1-2-12-4(11)3-13-6(9)10-5(7)8/h2-3H2,1H3,(H5,7,8,9,10). The van der Waals surface area contributed by atoms with E-state index >= 15 is 0 Å². The van der Waals surface area contributed by atoms with Gasteiger partial charge in [0.1, 0.15) is 0 Å². The zero-order valence-corrected chi connectivity index (χ0v) is 8.06. The van der Waals surface area contributed by atoms with Crippen molar-refractivity contribution in [1.29, 1.82) is 5.41 Å². The molecule has 0 aromatic heterocycles. The van der Waals surface area contributed by atoms with Gasteiger partial charge in [0, 0.05) is 0 Å². The summed E-state index contributed by atoms with van der Waals surface area (Å²) in [5.41, 5.74) is 10.0. The maximum absolute atomic E-state index is 10.8. The molecule has 0 saturated heterocycles. The number of rotatable bonds is 3. The molecule has 0 saturated carbocycles. The van der Waals surface area contributed by atoms with Crippen molar-refractivity contribution in [2.75, 3.05) is 12.4 Å². The van der Waals surface area contributed by atoms with Crippen LogP contribution in [0.3, 0.4) is 0 Å². The van der Waals surface area contributed by atoms with Gasteiger partial charge in [0.05, 0.1) is 12.4 Å². The van der Waals surface area contributed by atoms with Crippen LogP contribution in [0.5, 0.6) is 0 Å². The van der Waals surface area contributed by atoms with E-state index < -0.39 is 0 Å². The third-order valence-corrected chi connectivity index (χ3v) is 1.61. The first-order valence-electron chi connectivity index (χ1n) is 3.52. The van der Waals surface area contributed by atoms with Crippen molar-refractivity contribution < 1.29 is 9.53 Å². The highest BCUT2D eigenvalue weighted by Gasteiger charge is 2.04. The molecule has 74 valence electrons. The third-order valence-electron chi connectivity index (χ3n) is 0.863. The summed E-state index contributed by atoms with van der Waals surface area (Å²) in [6.07, 6.45) is 0. The lowest BCUT2D eigenvalue weighted by Gasteiger charge is -1.99. The maximum atomic E-state index is 10.8. The van der Waals surface area contributed by atoms with E-state index in [-0.39, 0.29) is 22.8 Å². The van der Waals surface area contributed by atoms with Crippen molar-refractivity contribution in [3.8, 4) is 0 Å². The average molecular weight is 204 g/mol. The number of nitrogens with two attached hydrogens (primary N) is 2. The van der Waals surface area contributed by atoms with E-state index in [1.165, 1.54) is 0 Å². The molecule has 0 aliphatic heterocycles. The topological polar surface area (TPSA) is 115 Å². The smallest absolute Gasteiger partial charge is 0.316 e. The Bertz CT molecular complexity index is 225. The maximum Gasteiger partial charge on any atom is 0.316 e. The Morgan fingerprint density at radius 3 is 2.69 bits per heavy atom. The molecule has 0 spiro atoms. The van der Waals surface area contributed by atoms with E-state index in [2.05, 4.69) is 9.73 Å². The van der Waals surface area contributed by atoms with E-state index in [4.69, 9.17) is 16.9 Å². The minimum absolute atomic E-state index is 0.0451. The van der Waals surface area contributed by atoms with E-state index in [9.17, 15) is 4.79 Å². The first-order chi connectivity index (χ1) is 6.06. The number of esters is 1. The lowest BCUT2D eigenvalue weighted by atomic mass is 10.8. The SMILES string of the molecule is CCOC(=O)CSC(=N)N=C(N)N. The fourth-order valence-electron chi connectivity index (χ4n) is 0.479. The Hall–Kier alpha value is -1.24. The van der Waals surface area contributed by atoms with Crippen molar-refractivity contribution in [3.63, 3.8) is 0 Å². The Labute approximate surface area is 80.2 Å². The molecule has 0 aromatic rings. The summed E-state index contributed by atoms with van der Waals surface area (Å²) >= 11 is 0.914. The van der Waals surface area contributed by atoms with Crippen LogP contribution in [0.1, 0.15) is 6.92 Å². The number of carbonyl (C=O) groups excluding carboxylic acids is 1. The molecule has 0 bridgehead atoms. The van der Waals surface area contributed by atoms with Crippen LogP contribution in [-0.4, -0.2) is 29.5 Å². The first-order valence-corrected chi connectivity index (χ1v) is 4.51. The van der Waals surface area contributed by atoms with Crippen molar-refractivity contribution in [2.45, 2.75) is 6.92 Å². The molecular formula is C6H12N4O2S. The molecule has 0 aliphatic rings. The summed E-state index contributed by atoms with van der Waals surface area (Å²) in [7, 11) is 0. The van der Waals surface area contributed by atoms with Gasteiger partial charge in [-0.2, -0.15) is 4.99 Å². The van der Waals surface area contributed by atoms with Gasteiger partial charge < -0.3 is 16.2 Å². The summed E-state index contributed by atoms with van der Waals surface area (Å²) in [6, 6.07) is 0. The molecule has 0 radical (unpaired) electrons. The second-order valence-electron chi connectivity index (χ2n) is 1.94. The average Bonchev–Trinajstić information content (AvgIpc) is 2.00. The van der Waals surface area contributed by atoms with Gasteiger partial charge >= 0.3 is 5.97 Å². The van der Waals surface area contributed by atoms with Gasteiger partial charge in [0.25, 0.3) is 0 Å². The molecule has 0 fully saturated rings. The molecule has 0 rings (SSSR count). The van der Waals surface area contributed by atoms with Crippen molar-refractivity contribution in [3.05, 3.63) is 0 Å². The molecule has 0 unspecified atom stereocenters. The predicted molar refractivity (Wildman–Crippen MR) is 52.6 cm³/mol. The summed E-state index contributed by atoms with van der Waals surface area (Å²) < 4.78 is 4.63. The number of hydrogen-bond acceptors (Lipinski definition) is 4. The monoisotopic (exact) mass is 204 g/mol. The molecule has 5 N–H and O–H groups in total. The normalized spacial score (nSPS) is 9.00. The number of ether oxygens (including phenoxy) is 1. The van der Waals surface area contributed by atoms with E-state index in [1.54, 1.807) is 6.92 Å². The lowest BCUT2D eigenvalue weighted by molar-refractivity contribution is -0.139. The zero-order chi connectivity index (χ0) is 10.3. The summed E-state index contributed by atoms with van der Waals surface area (Å²) in [6.45, 7) is 2.04. The van der Waals surface area contributed by atoms with Gasteiger partial charge in [-0.15, -0.1) is 0 Å². The van der Waals surface area contributed by atoms with Crippen LogP contribution >= 0.6 is 11.8 Å². The highest BCUT2D eigenvalue weighted by molar-refractivity contribution is 8.14. The fraction of sp³-hybridized carbons (Fsp3) is 0.500. The predicted octanol–water partition coefficient (Wildman–Crippen LogP) is -0.509. The minimum Gasteiger partial charge on any atom is -0.465 e. The second-order valence-corrected chi connectivity index (χ2v) is 2.90. The zero-order valence-electron chi connectivity index (χ0n) is 7.24. The van der Waals surface area contributed by atoms with Gasteiger partial charge in [0.15, 0.2) is 11.1 Å². The van der Waals surface area contributed by atoms with Gasteiger partial charge in [0.2, 0.25) is 0 Å². The number of nitrogens with zero attached hydrogens (tertiary/aromatic N) is 1. The van der Waals surface area contributed by atoms with Crippen molar-refractivity contribution >= 4 is 28.9 Å². The van der Waals surface area contributed by atoms with E-state index in [0.29, 0.717) is 6.61 Å². The Morgan fingerprint density at radius 2 is 2.23 bits per heavy atom. The third kappa shape index (κ3) is 7.13. The van der Waals surface area contributed by atoms with Gasteiger partial charge in [-0.25, -0.2) is 0 Å². The second kappa shape index (κ2) is 6.30. The summed E-state index contributed by atoms with van der Waals surface area (Å²) in [5.74, 6) is -0.534. The van der Waals surface area contributed by atoms with Crippen LogP contribution in [0, 0.1) is 5.41 Å². The van der Waals surface area contributed by atoms with Crippen LogP contribution in [0.25, 0.3) is 0 Å². The summed E-state index contributed by atoms with van der Waals surface area (Å²) in [4.78, 5) is 14.2. The highest BCUT2D eigenvalue weighted by atomic mass is 32.2. The Morgan fingerprint density at radius 1 is 1.62 bits per heavy atom. The number of carbonyl (C=O) groups is 1. The molecule has 0 aliphatic carbocycles. The first kappa shape index (κ1) is 11.8. The van der Waals surface area contributed by atoms with E-state index in [0.717, 1.165) is 11.8 Å². The number of nitrogens with one attached hydrogen (secondary N) is 1. The largest absolute Gasteiger partial charge is 0.465 e. The van der Waals surface area contributed by atoms with Crippen LogP contribution in [0.15, 0.2) is 4.99 Å². The summed E-state index contributed by atoms with van der Waals surface area (Å²) in [5, 5.41) is 7.05. The molecular weight excluding hydrogens is 192 g/mol. The molecule has 0 atom stereocenters. The molecule has 7 heteroatoms. The van der Waals surface area contributed by atoms with Crippen LogP contribution < -0.4 is 11.5 Å². The Kier molecular flexibility index (Phi) is 5.69. The molecule has 6 nitrogen and oxygen atoms in total. The van der Waals surface area contributed by atoms with Crippen LogP contribution in [-0.2, 0) is 9.53 Å². The van der Waals surface area contributed by atoms with Crippen LogP contribution in [0.4, 0.5) is 0 Å². The number of aliphatic imine (C=N–C) groups is 1. The number of amidine groups is 1. The molecule has 13 heavy (non-hydrogen) atoms. The fourth-order valence-corrected chi connectivity index (χ4v) is 0.987. The van der Waals surface area contributed by atoms with Gasteiger partial charge in [-0.05, 0) is 6.92 Å². The molecule has 0 aromatic carbocycles. The number of hydrogen-bond donors (Lipinski definition) is 3. The highest BCUT2D eigenvalue weighted by Crippen LogP contribution is 2.03. The molecule has 0 amide bonds. The van der Waals surface area contributed by atoms with Crippen molar-refractivity contribution in [2.24, 2.45) is 16.5 Å². The quantitative estimate of drug-likeness (QED) is 0.325. The van der Waals surface area contributed by atoms with Crippen LogP contribution in [0.2, 0.25) is 0 Å². The lowest BCUT2D eigenvalue weighted by Crippen LogP contribution is -2.23. The minimum atomic E-state index is -0.386. The van der Waals surface area contributed by atoms with Crippen molar-refractivity contribution in [1.82, 2.24) is 0 Å². The van der Waals surface area contributed by atoms with Gasteiger partial charge in [-0.3, -0.25) is 10.2 Å².